The molecule has 0 fully saturated rings. The van der Waals surface area contributed by atoms with Gasteiger partial charge >= 0.3 is 6.03 Å². The highest BCUT2D eigenvalue weighted by Crippen LogP contribution is 2.40. The van der Waals surface area contributed by atoms with Crippen LogP contribution in [0.5, 0.6) is 0 Å². The predicted molar refractivity (Wildman–Crippen MR) is 64.9 cm³/mol. The summed E-state index contributed by atoms with van der Waals surface area (Å²) in [4.78, 5) is 12.9. The van der Waals surface area contributed by atoms with E-state index in [-0.39, 0.29) is 16.9 Å². The molecule has 0 radical (unpaired) electrons. The molecule has 0 unspecified atom stereocenters. The van der Waals surface area contributed by atoms with Crippen LogP contribution in [0.15, 0.2) is 0 Å². The quantitative estimate of drug-likeness (QED) is 0.769. The maximum absolute atomic E-state index is 11.3. The largest absolute Gasteiger partial charge is 0.338 e. The topological polar surface area (TPSA) is 32.3 Å². The normalized spacial score (nSPS) is 12.5. The number of urea groups is 1. The maximum atomic E-state index is 11.3. The highest BCUT2D eigenvalue weighted by Gasteiger charge is 2.32. The van der Waals surface area contributed by atoms with Crippen molar-refractivity contribution in [2.24, 2.45) is 10.8 Å². The van der Waals surface area contributed by atoms with Crippen LogP contribution in [0.3, 0.4) is 0 Å². The summed E-state index contributed by atoms with van der Waals surface area (Å²) >= 11 is 0. The van der Waals surface area contributed by atoms with Gasteiger partial charge in [0.15, 0.2) is 0 Å². The van der Waals surface area contributed by atoms with Crippen LogP contribution < -0.4 is 5.32 Å². The highest BCUT2D eigenvalue weighted by molar-refractivity contribution is 5.73. The van der Waals surface area contributed by atoms with Gasteiger partial charge in [0.2, 0.25) is 0 Å². The number of carbonyl (C=O) groups is 1. The van der Waals surface area contributed by atoms with Crippen LogP contribution in [0.1, 0.15) is 41.0 Å². The number of nitrogens with one attached hydrogen (secondary N) is 1. The van der Waals surface area contributed by atoms with Crippen molar-refractivity contribution < 1.29 is 4.79 Å². The Morgan fingerprint density at radius 1 is 1.13 bits per heavy atom. The lowest BCUT2D eigenvalue weighted by atomic mass is 9.67. The van der Waals surface area contributed by atoms with Crippen LogP contribution in [0.25, 0.3) is 0 Å². The van der Waals surface area contributed by atoms with Gasteiger partial charge < -0.3 is 10.2 Å². The number of carbonyl (C=O) groups excluding carboxylic acids is 1. The summed E-state index contributed by atoms with van der Waals surface area (Å²) in [5, 5.41) is 2.90. The van der Waals surface area contributed by atoms with Crippen molar-refractivity contribution in [3.8, 4) is 0 Å². The minimum Gasteiger partial charge on any atom is -0.338 e. The molecule has 0 rings (SSSR count). The van der Waals surface area contributed by atoms with Crippen LogP contribution in [-0.4, -0.2) is 31.6 Å². The zero-order valence-electron chi connectivity index (χ0n) is 11.3. The minimum absolute atomic E-state index is 0.0142. The highest BCUT2D eigenvalue weighted by atomic mass is 16.2. The summed E-state index contributed by atoms with van der Waals surface area (Å²) in [5.41, 5.74) is 0.489. The number of rotatable bonds is 3. The summed E-state index contributed by atoms with van der Waals surface area (Å²) in [7, 11) is 3.51. The zero-order chi connectivity index (χ0) is 12.3. The summed E-state index contributed by atoms with van der Waals surface area (Å²) < 4.78 is 0. The first-order valence-corrected chi connectivity index (χ1v) is 5.53. The van der Waals surface area contributed by atoms with Crippen LogP contribution in [0, 0.1) is 10.8 Å². The van der Waals surface area contributed by atoms with E-state index in [0.29, 0.717) is 0 Å². The number of hydrogen-bond acceptors (Lipinski definition) is 1. The van der Waals surface area contributed by atoms with Crippen molar-refractivity contribution in [2.75, 3.05) is 20.6 Å². The van der Waals surface area contributed by atoms with E-state index in [9.17, 15) is 4.79 Å². The van der Waals surface area contributed by atoms with Crippen molar-refractivity contribution in [3.05, 3.63) is 0 Å². The van der Waals surface area contributed by atoms with E-state index >= 15 is 0 Å². The van der Waals surface area contributed by atoms with E-state index in [1.165, 1.54) is 0 Å². The molecule has 1 N–H and O–H groups in total. The Kier molecular flexibility index (Phi) is 4.63. The molecule has 2 amide bonds. The molecule has 15 heavy (non-hydrogen) atoms. The average molecular weight is 214 g/mol. The Labute approximate surface area is 94.2 Å². The molecule has 0 aliphatic carbocycles. The lowest BCUT2D eigenvalue weighted by Crippen LogP contribution is -2.38. The van der Waals surface area contributed by atoms with Gasteiger partial charge in [-0.3, -0.25) is 0 Å². The average Bonchev–Trinajstić information content (AvgIpc) is 2.01. The Bertz CT molecular complexity index is 214. The van der Waals surface area contributed by atoms with Gasteiger partial charge in [-0.1, -0.05) is 34.6 Å². The molecule has 0 aromatic rings. The third kappa shape index (κ3) is 4.54. The standard InChI is InChI=1S/C12H26N2O/c1-11(2,3)12(4,5)8-9-13-10(15)14(6)7/h8-9H2,1-7H3,(H,13,15). The SMILES string of the molecule is CN(C)C(=O)NCCC(C)(C)C(C)(C)C. The molecule has 0 aromatic carbocycles. The molecular weight excluding hydrogens is 188 g/mol. The number of hydrogen-bond donors (Lipinski definition) is 1. The van der Waals surface area contributed by atoms with Crippen LogP contribution in [0.2, 0.25) is 0 Å². The van der Waals surface area contributed by atoms with Gasteiger partial charge in [0.1, 0.15) is 0 Å². The van der Waals surface area contributed by atoms with Gasteiger partial charge in [0.25, 0.3) is 0 Å². The van der Waals surface area contributed by atoms with Gasteiger partial charge in [-0.05, 0) is 17.3 Å². The fraction of sp³-hybridized carbons (Fsp3) is 0.917. The third-order valence-corrected chi connectivity index (χ3v) is 3.46. The van der Waals surface area contributed by atoms with Crippen molar-refractivity contribution in [1.82, 2.24) is 10.2 Å². The molecule has 0 saturated carbocycles. The van der Waals surface area contributed by atoms with Gasteiger partial charge in [0.05, 0.1) is 0 Å². The van der Waals surface area contributed by atoms with E-state index in [1.807, 2.05) is 0 Å². The lowest BCUT2D eigenvalue weighted by molar-refractivity contribution is 0.119. The first kappa shape index (κ1) is 14.3. The summed E-state index contributed by atoms with van der Waals surface area (Å²) in [6, 6.07) is -0.0142. The maximum Gasteiger partial charge on any atom is 0.316 e. The monoisotopic (exact) mass is 214 g/mol. The second-order valence-corrected chi connectivity index (χ2v) is 6.01. The van der Waals surface area contributed by atoms with Gasteiger partial charge in [-0.15, -0.1) is 0 Å². The molecule has 0 atom stereocenters. The minimum atomic E-state index is -0.0142. The number of nitrogens with zero attached hydrogens (tertiary/aromatic N) is 1. The zero-order valence-corrected chi connectivity index (χ0v) is 11.3. The van der Waals surface area contributed by atoms with Crippen molar-refractivity contribution in [3.63, 3.8) is 0 Å². The first-order valence-electron chi connectivity index (χ1n) is 5.53. The first-order chi connectivity index (χ1) is 6.58. The Morgan fingerprint density at radius 3 is 1.93 bits per heavy atom. The molecule has 0 saturated heterocycles. The Morgan fingerprint density at radius 2 is 1.60 bits per heavy atom. The molecule has 0 aliphatic heterocycles. The van der Waals surface area contributed by atoms with E-state index in [1.54, 1.807) is 19.0 Å². The van der Waals surface area contributed by atoms with Gasteiger partial charge in [-0.25, -0.2) is 4.79 Å². The smallest absolute Gasteiger partial charge is 0.316 e. The molecule has 0 spiro atoms. The fourth-order valence-electron chi connectivity index (χ4n) is 1.02. The summed E-state index contributed by atoms with van der Waals surface area (Å²) in [6.45, 7) is 11.9. The van der Waals surface area contributed by atoms with E-state index in [2.05, 4.69) is 39.9 Å². The van der Waals surface area contributed by atoms with Crippen molar-refractivity contribution in [2.45, 2.75) is 41.0 Å². The molecule has 0 bridgehead atoms. The summed E-state index contributed by atoms with van der Waals surface area (Å²) in [5.74, 6) is 0. The molecular formula is C12H26N2O. The fourth-order valence-corrected chi connectivity index (χ4v) is 1.02. The van der Waals surface area contributed by atoms with Gasteiger partial charge in [0, 0.05) is 20.6 Å². The van der Waals surface area contributed by atoms with Crippen molar-refractivity contribution >= 4 is 6.03 Å². The van der Waals surface area contributed by atoms with E-state index in [0.717, 1.165) is 13.0 Å². The molecule has 0 aromatic heterocycles. The van der Waals surface area contributed by atoms with Crippen LogP contribution in [-0.2, 0) is 0 Å². The van der Waals surface area contributed by atoms with Gasteiger partial charge in [-0.2, -0.15) is 0 Å². The molecule has 3 heteroatoms. The lowest BCUT2D eigenvalue weighted by Gasteiger charge is -2.39. The Hall–Kier alpha value is -0.730. The second kappa shape index (κ2) is 4.86. The Balaban J connectivity index is 4.02. The second-order valence-electron chi connectivity index (χ2n) is 6.01. The number of amides is 2. The molecule has 90 valence electrons. The van der Waals surface area contributed by atoms with Crippen molar-refractivity contribution in [1.29, 1.82) is 0 Å². The molecule has 3 nitrogen and oxygen atoms in total. The van der Waals surface area contributed by atoms with Crippen LogP contribution >= 0.6 is 0 Å². The molecule has 0 aliphatic rings. The summed E-state index contributed by atoms with van der Waals surface area (Å²) in [6.07, 6.45) is 0.996. The predicted octanol–water partition coefficient (Wildman–Crippen LogP) is 2.72. The molecule has 0 heterocycles. The van der Waals surface area contributed by atoms with E-state index < -0.39 is 0 Å². The third-order valence-electron chi connectivity index (χ3n) is 3.46. The van der Waals surface area contributed by atoms with Crippen LogP contribution in [0.4, 0.5) is 4.79 Å². The van der Waals surface area contributed by atoms with E-state index in [4.69, 9.17) is 0 Å².